The summed E-state index contributed by atoms with van der Waals surface area (Å²) in [6, 6.07) is 13.1. The number of carbonyl (C=O) groups excluding carboxylic acids is 2. The lowest BCUT2D eigenvalue weighted by Crippen LogP contribution is -2.55. The van der Waals surface area contributed by atoms with E-state index in [1.807, 2.05) is 61.2 Å². The van der Waals surface area contributed by atoms with E-state index in [0.29, 0.717) is 24.5 Å². The molecule has 2 aliphatic rings. The zero-order chi connectivity index (χ0) is 24.2. The first-order chi connectivity index (χ1) is 16.5. The predicted molar refractivity (Wildman–Crippen MR) is 131 cm³/mol. The number of nitrogens with one attached hydrogen (secondary N) is 2. The Labute approximate surface area is 201 Å². The van der Waals surface area contributed by atoms with Gasteiger partial charge in [-0.1, -0.05) is 50.6 Å². The summed E-state index contributed by atoms with van der Waals surface area (Å²) in [5.74, 6) is 1.25. The van der Waals surface area contributed by atoms with Crippen molar-refractivity contribution in [2.24, 2.45) is 5.92 Å². The highest BCUT2D eigenvalue weighted by Gasteiger charge is 2.37. The van der Waals surface area contributed by atoms with Gasteiger partial charge in [0.2, 0.25) is 5.91 Å². The quantitative estimate of drug-likeness (QED) is 0.616. The van der Waals surface area contributed by atoms with Crippen molar-refractivity contribution < 1.29 is 19.1 Å². The predicted octanol–water partition coefficient (Wildman–Crippen LogP) is 4.05. The van der Waals surface area contributed by atoms with Crippen molar-refractivity contribution in [3.8, 4) is 11.5 Å². The second-order valence-electron chi connectivity index (χ2n) is 9.26. The number of amides is 3. The van der Waals surface area contributed by atoms with Crippen molar-refractivity contribution in [1.29, 1.82) is 0 Å². The van der Waals surface area contributed by atoms with Gasteiger partial charge in [0, 0.05) is 12.6 Å². The van der Waals surface area contributed by atoms with Crippen LogP contribution in [-0.2, 0) is 11.2 Å². The van der Waals surface area contributed by atoms with Crippen LogP contribution in [-0.4, -0.2) is 49.7 Å². The molecule has 2 N–H and O–H groups in total. The van der Waals surface area contributed by atoms with Crippen LogP contribution in [0.15, 0.2) is 42.5 Å². The summed E-state index contributed by atoms with van der Waals surface area (Å²) >= 11 is 0. The minimum absolute atomic E-state index is 0.0271. The van der Waals surface area contributed by atoms with Gasteiger partial charge < -0.3 is 25.0 Å². The van der Waals surface area contributed by atoms with E-state index in [1.54, 1.807) is 14.2 Å². The maximum atomic E-state index is 13.7. The Morgan fingerprint density at radius 3 is 2.38 bits per heavy atom. The minimum atomic E-state index is -0.568. The third-order valence-electron chi connectivity index (χ3n) is 6.95. The summed E-state index contributed by atoms with van der Waals surface area (Å²) in [5.41, 5.74) is 3.14. The molecule has 1 heterocycles. The molecule has 0 aromatic heterocycles. The summed E-state index contributed by atoms with van der Waals surface area (Å²) in [7, 11) is 3.24. The Hall–Kier alpha value is -3.22. The third kappa shape index (κ3) is 4.98. The maximum absolute atomic E-state index is 13.7. The van der Waals surface area contributed by atoms with E-state index in [4.69, 9.17) is 9.47 Å². The molecule has 4 rings (SSSR count). The second kappa shape index (κ2) is 10.4. The fourth-order valence-corrected chi connectivity index (χ4v) is 4.60. The van der Waals surface area contributed by atoms with Crippen LogP contribution in [0.1, 0.15) is 55.8 Å². The van der Waals surface area contributed by atoms with Gasteiger partial charge in [-0.25, -0.2) is 4.79 Å². The number of carbonyl (C=O) groups is 2. The van der Waals surface area contributed by atoms with Gasteiger partial charge in [-0.2, -0.15) is 0 Å². The molecule has 0 spiro atoms. The number of urea groups is 1. The normalized spacial score (nSPS) is 18.9. The smallest absolute Gasteiger partial charge is 0.318 e. The number of hydrogen-bond acceptors (Lipinski definition) is 4. The van der Waals surface area contributed by atoms with Crippen LogP contribution >= 0.6 is 0 Å². The summed E-state index contributed by atoms with van der Waals surface area (Å²) in [5, 5.41) is 6.13. The number of rotatable bonds is 8. The monoisotopic (exact) mass is 465 g/mol. The number of ether oxygens (including phenoxy) is 2. The summed E-state index contributed by atoms with van der Waals surface area (Å²) in [6.07, 6.45) is 3.51. The maximum Gasteiger partial charge on any atom is 0.318 e. The van der Waals surface area contributed by atoms with Crippen molar-refractivity contribution in [2.75, 3.05) is 20.8 Å². The van der Waals surface area contributed by atoms with Crippen molar-refractivity contribution in [3.63, 3.8) is 0 Å². The number of hydrogen-bond donors (Lipinski definition) is 2. The molecule has 0 unspecified atom stereocenters. The molecule has 7 heteroatoms. The molecule has 3 amide bonds. The van der Waals surface area contributed by atoms with E-state index < -0.39 is 6.04 Å². The molecule has 2 aromatic carbocycles. The van der Waals surface area contributed by atoms with Gasteiger partial charge in [0.05, 0.1) is 20.3 Å². The fourth-order valence-electron chi connectivity index (χ4n) is 4.60. The van der Waals surface area contributed by atoms with E-state index in [9.17, 15) is 9.59 Å². The van der Waals surface area contributed by atoms with Crippen LogP contribution in [0.4, 0.5) is 4.79 Å². The van der Waals surface area contributed by atoms with Gasteiger partial charge in [0.25, 0.3) is 0 Å². The van der Waals surface area contributed by atoms with Crippen molar-refractivity contribution >= 4 is 11.9 Å². The first kappa shape index (κ1) is 23.9. The molecule has 0 saturated heterocycles. The van der Waals surface area contributed by atoms with Gasteiger partial charge in [0.1, 0.15) is 6.04 Å². The average molecular weight is 466 g/mol. The molecule has 3 atom stereocenters. The van der Waals surface area contributed by atoms with Crippen molar-refractivity contribution in [1.82, 2.24) is 15.5 Å². The zero-order valence-corrected chi connectivity index (χ0v) is 20.5. The molecule has 0 radical (unpaired) electrons. The Balaban J connectivity index is 1.67. The van der Waals surface area contributed by atoms with E-state index >= 15 is 0 Å². The lowest BCUT2D eigenvalue weighted by Gasteiger charge is -2.39. The molecule has 7 nitrogen and oxygen atoms in total. The first-order valence-corrected chi connectivity index (χ1v) is 12.1. The van der Waals surface area contributed by atoms with Crippen LogP contribution in [0.25, 0.3) is 0 Å². The van der Waals surface area contributed by atoms with Gasteiger partial charge in [-0.3, -0.25) is 4.79 Å². The lowest BCUT2D eigenvalue weighted by atomic mass is 9.87. The van der Waals surface area contributed by atoms with Gasteiger partial charge >= 0.3 is 6.03 Å². The molecule has 1 aliphatic heterocycles. The number of nitrogens with zero attached hydrogens (tertiary/aromatic N) is 1. The second-order valence-corrected chi connectivity index (χ2v) is 9.26. The van der Waals surface area contributed by atoms with E-state index in [0.717, 1.165) is 36.0 Å². The summed E-state index contributed by atoms with van der Waals surface area (Å²) in [4.78, 5) is 28.5. The molecular formula is C27H35N3O4. The largest absolute Gasteiger partial charge is 0.493 e. The Bertz CT molecular complexity index is 1020. The Morgan fingerprint density at radius 2 is 1.76 bits per heavy atom. The molecule has 182 valence electrons. The highest BCUT2D eigenvalue weighted by molar-refractivity contribution is 5.88. The number of benzene rings is 2. The van der Waals surface area contributed by atoms with Crippen LogP contribution in [0, 0.1) is 5.92 Å². The standard InChI is InChI=1S/C27H35N3O4/c1-5-17(2)24(26(31)28-20-11-12-20)29-27(32)30-14-13-19-15-22(33-3)23(34-4)16-21(19)25(30)18-9-7-6-8-10-18/h6-10,15-17,20,24-25H,5,11-14H2,1-4H3,(H,28,31)(H,29,32)/t17-,24+,25+/m1/s1. The fraction of sp³-hybridized carbons (Fsp3) is 0.481. The van der Waals surface area contributed by atoms with Crippen LogP contribution in [0.3, 0.4) is 0 Å². The van der Waals surface area contributed by atoms with E-state index in [2.05, 4.69) is 10.6 Å². The molecule has 34 heavy (non-hydrogen) atoms. The third-order valence-corrected chi connectivity index (χ3v) is 6.95. The lowest BCUT2D eigenvalue weighted by molar-refractivity contribution is -0.124. The van der Waals surface area contributed by atoms with E-state index in [1.165, 1.54) is 0 Å². The molecule has 1 aliphatic carbocycles. The summed E-state index contributed by atoms with van der Waals surface area (Å²) in [6.45, 7) is 4.58. The molecular weight excluding hydrogens is 430 g/mol. The van der Waals surface area contributed by atoms with E-state index in [-0.39, 0.29) is 29.9 Å². The van der Waals surface area contributed by atoms with Gasteiger partial charge in [0.15, 0.2) is 11.5 Å². The van der Waals surface area contributed by atoms with Crippen molar-refractivity contribution in [3.05, 3.63) is 59.2 Å². The highest BCUT2D eigenvalue weighted by Crippen LogP contribution is 2.41. The first-order valence-electron chi connectivity index (χ1n) is 12.1. The topological polar surface area (TPSA) is 79.9 Å². The van der Waals surface area contributed by atoms with Crippen LogP contribution in [0.5, 0.6) is 11.5 Å². The SMILES string of the molecule is CC[C@@H](C)[C@H](NC(=O)N1CCc2cc(OC)c(OC)cc2[C@@H]1c1ccccc1)C(=O)NC1CC1. The van der Waals surface area contributed by atoms with Crippen molar-refractivity contribution in [2.45, 2.75) is 57.7 Å². The van der Waals surface area contributed by atoms with Gasteiger partial charge in [-0.05, 0) is 54.0 Å². The summed E-state index contributed by atoms with van der Waals surface area (Å²) < 4.78 is 11.1. The van der Waals surface area contributed by atoms with Crippen LogP contribution in [0.2, 0.25) is 0 Å². The van der Waals surface area contributed by atoms with Gasteiger partial charge in [-0.15, -0.1) is 0 Å². The molecule has 2 aromatic rings. The Morgan fingerprint density at radius 1 is 1.09 bits per heavy atom. The number of fused-ring (bicyclic) bond motifs is 1. The molecule has 1 fully saturated rings. The highest BCUT2D eigenvalue weighted by atomic mass is 16.5. The minimum Gasteiger partial charge on any atom is -0.493 e. The van der Waals surface area contributed by atoms with Crippen LogP contribution < -0.4 is 20.1 Å². The number of methoxy groups -OCH3 is 2. The Kier molecular flexibility index (Phi) is 7.29. The average Bonchev–Trinajstić information content (AvgIpc) is 3.69. The zero-order valence-electron chi connectivity index (χ0n) is 20.5. The molecule has 1 saturated carbocycles. The molecule has 0 bridgehead atoms.